The number of nitrogens with one attached hydrogen (secondary N) is 1. The second-order valence-electron chi connectivity index (χ2n) is 7.34. The second kappa shape index (κ2) is 8.89. The number of pyridine rings is 2. The van der Waals surface area contributed by atoms with Crippen molar-refractivity contribution in [1.82, 2.24) is 25.0 Å². The van der Waals surface area contributed by atoms with E-state index in [0.717, 1.165) is 35.1 Å². The molecule has 3 heterocycles. The number of carbonyl (C=O) groups is 1. The highest BCUT2D eigenvalue weighted by Gasteiger charge is 2.30. The maximum absolute atomic E-state index is 13.2. The summed E-state index contributed by atoms with van der Waals surface area (Å²) in [5, 5.41) is 20.3. The average Bonchev–Trinajstić information content (AvgIpc) is 3.24. The number of alkyl halides is 3. The number of aliphatic carboxylic acids is 1. The number of benzene rings is 1. The van der Waals surface area contributed by atoms with Crippen LogP contribution in [0.3, 0.4) is 0 Å². The van der Waals surface area contributed by atoms with Crippen LogP contribution in [0.5, 0.6) is 0 Å². The van der Waals surface area contributed by atoms with Gasteiger partial charge in [-0.15, -0.1) is 5.10 Å². The van der Waals surface area contributed by atoms with E-state index in [-0.39, 0.29) is 17.3 Å². The van der Waals surface area contributed by atoms with Crippen LogP contribution >= 0.6 is 0 Å². The Morgan fingerprint density at radius 2 is 1.79 bits per heavy atom. The van der Waals surface area contributed by atoms with E-state index in [2.05, 4.69) is 25.6 Å². The molecule has 0 radical (unpaired) electrons. The SMILES string of the molecule is Cc1cc(Nc2cc(C(F)(F)F)ccn2)nc(-c2cn(C(C(=O)O)c3ccc(F)cc3)nn2)c1. The van der Waals surface area contributed by atoms with Crippen LogP contribution in [0.1, 0.15) is 22.7 Å². The summed E-state index contributed by atoms with van der Waals surface area (Å²) in [5.74, 6) is -1.57. The number of aryl methyl sites for hydroxylation is 1. The van der Waals surface area contributed by atoms with Gasteiger partial charge in [0.25, 0.3) is 0 Å². The van der Waals surface area contributed by atoms with Crippen molar-refractivity contribution < 1.29 is 27.5 Å². The number of aromatic nitrogens is 5. The lowest BCUT2D eigenvalue weighted by molar-refractivity contribution is -0.140. The fourth-order valence-electron chi connectivity index (χ4n) is 3.24. The van der Waals surface area contributed by atoms with Gasteiger partial charge in [-0.1, -0.05) is 17.3 Å². The number of halogens is 4. The highest BCUT2D eigenvalue weighted by molar-refractivity contribution is 5.76. The molecule has 12 heteroatoms. The van der Waals surface area contributed by atoms with E-state index in [0.29, 0.717) is 16.8 Å². The Labute approximate surface area is 189 Å². The van der Waals surface area contributed by atoms with E-state index in [9.17, 15) is 27.5 Å². The van der Waals surface area contributed by atoms with Crippen molar-refractivity contribution in [3.63, 3.8) is 0 Å². The van der Waals surface area contributed by atoms with Gasteiger partial charge in [0, 0.05) is 6.20 Å². The van der Waals surface area contributed by atoms with E-state index in [1.54, 1.807) is 19.1 Å². The summed E-state index contributed by atoms with van der Waals surface area (Å²) >= 11 is 0. The topological polar surface area (TPSA) is 106 Å². The monoisotopic (exact) mass is 472 g/mol. The number of anilines is 2. The van der Waals surface area contributed by atoms with Crippen LogP contribution in [0, 0.1) is 12.7 Å². The molecule has 4 aromatic rings. The zero-order valence-electron chi connectivity index (χ0n) is 17.5. The Bertz CT molecular complexity index is 1340. The van der Waals surface area contributed by atoms with Gasteiger partial charge < -0.3 is 10.4 Å². The van der Waals surface area contributed by atoms with Crippen LogP contribution in [0.2, 0.25) is 0 Å². The van der Waals surface area contributed by atoms with Gasteiger partial charge in [0.1, 0.15) is 23.1 Å². The molecule has 0 bridgehead atoms. The fourth-order valence-corrected chi connectivity index (χ4v) is 3.24. The average molecular weight is 472 g/mol. The molecule has 3 aromatic heterocycles. The molecular weight excluding hydrogens is 456 g/mol. The molecule has 1 aromatic carbocycles. The van der Waals surface area contributed by atoms with Gasteiger partial charge in [-0.2, -0.15) is 13.2 Å². The van der Waals surface area contributed by atoms with Crippen molar-refractivity contribution in [1.29, 1.82) is 0 Å². The van der Waals surface area contributed by atoms with Crippen molar-refractivity contribution in [2.45, 2.75) is 19.1 Å². The lowest BCUT2D eigenvalue weighted by Gasteiger charge is -2.12. The van der Waals surface area contributed by atoms with Crippen molar-refractivity contribution in [3.05, 3.63) is 83.4 Å². The summed E-state index contributed by atoms with van der Waals surface area (Å²) in [4.78, 5) is 20.1. The number of rotatable bonds is 6. The third-order valence-electron chi connectivity index (χ3n) is 4.77. The first-order valence-corrected chi connectivity index (χ1v) is 9.79. The summed E-state index contributed by atoms with van der Waals surface area (Å²) in [7, 11) is 0. The number of hydrogen-bond donors (Lipinski definition) is 2. The molecule has 0 saturated carbocycles. The van der Waals surface area contributed by atoms with Gasteiger partial charge in [0.2, 0.25) is 0 Å². The molecule has 0 fully saturated rings. The second-order valence-corrected chi connectivity index (χ2v) is 7.34. The number of carboxylic acid groups (broad SMARTS) is 1. The van der Waals surface area contributed by atoms with Crippen LogP contribution in [-0.2, 0) is 11.0 Å². The molecule has 0 spiro atoms. The molecular formula is C22H16F4N6O2. The van der Waals surface area contributed by atoms with E-state index < -0.39 is 29.6 Å². The molecule has 0 aliphatic carbocycles. The molecule has 0 aliphatic rings. The number of nitrogens with zero attached hydrogens (tertiary/aromatic N) is 5. The molecule has 0 saturated heterocycles. The highest BCUT2D eigenvalue weighted by Crippen LogP contribution is 2.31. The quantitative estimate of drug-likeness (QED) is 0.395. The standard InChI is InChI=1S/C22H16F4N6O2/c1-12-8-16(28-19(9-12)29-18-10-14(6-7-27-18)22(24,25)26)17-11-32(31-30-17)20(21(33)34)13-2-4-15(23)5-3-13/h2-11,20H,1H3,(H,33,34)(H,27,28,29). The van der Waals surface area contributed by atoms with Crippen LogP contribution < -0.4 is 5.32 Å². The Morgan fingerprint density at radius 1 is 1.06 bits per heavy atom. The van der Waals surface area contributed by atoms with Gasteiger partial charge >= 0.3 is 12.1 Å². The van der Waals surface area contributed by atoms with Gasteiger partial charge in [-0.3, -0.25) is 0 Å². The first kappa shape index (κ1) is 22.8. The van der Waals surface area contributed by atoms with Gasteiger partial charge in [0.05, 0.1) is 17.5 Å². The van der Waals surface area contributed by atoms with Crippen molar-refractivity contribution in [2.24, 2.45) is 0 Å². The Kier molecular flexibility index (Phi) is 5.97. The molecule has 1 unspecified atom stereocenters. The predicted octanol–water partition coefficient (Wildman–Crippen LogP) is 4.62. The minimum absolute atomic E-state index is 0.0511. The van der Waals surface area contributed by atoms with Gasteiger partial charge in [-0.25, -0.2) is 23.8 Å². The van der Waals surface area contributed by atoms with E-state index >= 15 is 0 Å². The third-order valence-corrected chi connectivity index (χ3v) is 4.77. The lowest BCUT2D eigenvalue weighted by Crippen LogP contribution is -2.21. The van der Waals surface area contributed by atoms with E-state index in [1.165, 1.54) is 18.3 Å². The minimum atomic E-state index is -4.52. The van der Waals surface area contributed by atoms with Crippen molar-refractivity contribution >= 4 is 17.6 Å². The first-order valence-electron chi connectivity index (χ1n) is 9.79. The zero-order chi connectivity index (χ0) is 24.5. The first-order chi connectivity index (χ1) is 16.1. The van der Waals surface area contributed by atoms with Gasteiger partial charge in [0.15, 0.2) is 6.04 Å². The molecule has 0 aliphatic heterocycles. The largest absolute Gasteiger partial charge is 0.479 e. The van der Waals surface area contributed by atoms with Crippen molar-refractivity contribution in [2.75, 3.05) is 5.32 Å². The normalized spacial score (nSPS) is 12.4. The lowest BCUT2D eigenvalue weighted by atomic mass is 10.1. The molecule has 2 N–H and O–H groups in total. The summed E-state index contributed by atoms with van der Waals surface area (Å²) in [6.07, 6.45) is -2.11. The fraction of sp³-hybridized carbons (Fsp3) is 0.136. The zero-order valence-corrected chi connectivity index (χ0v) is 17.5. The summed E-state index contributed by atoms with van der Waals surface area (Å²) < 4.78 is 53.3. The maximum atomic E-state index is 13.2. The van der Waals surface area contributed by atoms with Crippen LogP contribution in [0.4, 0.5) is 29.2 Å². The van der Waals surface area contributed by atoms with Crippen LogP contribution in [0.15, 0.2) is 60.9 Å². The molecule has 4 rings (SSSR count). The molecule has 0 amide bonds. The minimum Gasteiger partial charge on any atom is -0.479 e. The Hall–Kier alpha value is -4.35. The van der Waals surface area contributed by atoms with Crippen LogP contribution in [0.25, 0.3) is 11.4 Å². The van der Waals surface area contributed by atoms with E-state index in [4.69, 9.17) is 0 Å². The summed E-state index contributed by atoms with van der Waals surface area (Å²) in [5.41, 5.74) is 0.685. The highest BCUT2D eigenvalue weighted by atomic mass is 19.4. The molecule has 1 atom stereocenters. The summed E-state index contributed by atoms with van der Waals surface area (Å²) in [6.45, 7) is 1.75. The molecule has 8 nitrogen and oxygen atoms in total. The maximum Gasteiger partial charge on any atom is 0.416 e. The number of hydrogen-bond acceptors (Lipinski definition) is 6. The van der Waals surface area contributed by atoms with Crippen LogP contribution in [-0.4, -0.2) is 36.0 Å². The Balaban J connectivity index is 1.64. The van der Waals surface area contributed by atoms with E-state index in [1.807, 2.05) is 0 Å². The van der Waals surface area contributed by atoms with Gasteiger partial charge in [-0.05, 0) is 54.4 Å². The third kappa shape index (κ3) is 5.00. The smallest absolute Gasteiger partial charge is 0.416 e. The Morgan fingerprint density at radius 3 is 2.47 bits per heavy atom. The number of carboxylic acids is 1. The summed E-state index contributed by atoms with van der Waals surface area (Å²) in [6, 6.07) is 8.70. The van der Waals surface area contributed by atoms with Crippen molar-refractivity contribution in [3.8, 4) is 11.4 Å². The molecule has 34 heavy (non-hydrogen) atoms. The predicted molar refractivity (Wildman–Crippen MR) is 113 cm³/mol. The molecule has 174 valence electrons.